The first-order valence-electron chi connectivity index (χ1n) is 3.55. The molecule has 0 atom stereocenters. The number of rotatable bonds is 1. The minimum atomic E-state index is 0.200. The van der Waals surface area contributed by atoms with Crippen LogP contribution in [0.5, 0.6) is 0 Å². The van der Waals surface area contributed by atoms with Gasteiger partial charge in [-0.2, -0.15) is 0 Å². The molecule has 0 aromatic heterocycles. The highest BCUT2D eigenvalue weighted by Gasteiger charge is 2.14. The molecule has 0 aliphatic heterocycles. The lowest BCUT2D eigenvalue weighted by Gasteiger charge is -2.16. The van der Waals surface area contributed by atoms with Crippen molar-refractivity contribution >= 4 is 35.9 Å². The van der Waals surface area contributed by atoms with Gasteiger partial charge in [0, 0.05) is 3.42 Å². The fourth-order valence-corrected chi connectivity index (χ4v) is 1.24. The van der Waals surface area contributed by atoms with Crippen molar-refractivity contribution in [3.8, 4) is 0 Å². The molecule has 2 radical (unpaired) electrons. The summed E-state index contributed by atoms with van der Waals surface area (Å²) in [7, 11) is 5.57. The molecular weight excluding hydrogens is 246 g/mol. The molecule has 1 aromatic carbocycles. The van der Waals surface area contributed by atoms with Gasteiger partial charge in [-0.15, -0.1) is 0 Å². The summed E-state index contributed by atoms with van der Waals surface area (Å²) in [4.78, 5) is 0. The Hall–Kier alpha value is 0.0149. The highest BCUT2D eigenvalue weighted by atomic mass is 127. The summed E-state index contributed by atoms with van der Waals surface area (Å²) in [5.41, 5.74) is 2.14. The molecular formula is C9H10BI. The summed E-state index contributed by atoms with van der Waals surface area (Å²) >= 11 is 2.41. The minimum Gasteiger partial charge on any atom is -0.0967 e. The van der Waals surface area contributed by atoms with Crippen molar-refractivity contribution < 1.29 is 0 Å². The van der Waals surface area contributed by atoms with Crippen LogP contribution in [0.3, 0.4) is 0 Å². The van der Waals surface area contributed by atoms with Crippen molar-refractivity contribution in [3.63, 3.8) is 0 Å². The van der Waals surface area contributed by atoms with Crippen LogP contribution < -0.4 is 5.46 Å². The average molecular weight is 256 g/mol. The van der Waals surface area contributed by atoms with Crippen molar-refractivity contribution in [1.82, 2.24) is 0 Å². The molecule has 0 saturated heterocycles. The third-order valence-electron chi connectivity index (χ3n) is 1.60. The van der Waals surface area contributed by atoms with E-state index in [9.17, 15) is 0 Å². The summed E-state index contributed by atoms with van der Waals surface area (Å²) in [6, 6.07) is 8.02. The maximum atomic E-state index is 5.57. The topological polar surface area (TPSA) is 0 Å². The third-order valence-corrected chi connectivity index (χ3v) is 2.22. The predicted octanol–water partition coefficient (Wildman–Crippen LogP) is 2.15. The zero-order chi connectivity index (χ0) is 8.48. The van der Waals surface area contributed by atoms with E-state index < -0.39 is 0 Å². The van der Waals surface area contributed by atoms with Crippen LogP contribution in [0, 0.1) is 0 Å². The second-order valence-electron chi connectivity index (χ2n) is 3.09. The van der Waals surface area contributed by atoms with Gasteiger partial charge in [-0.25, -0.2) is 0 Å². The monoisotopic (exact) mass is 256 g/mol. The average Bonchev–Trinajstić information content (AvgIpc) is 1.86. The summed E-state index contributed by atoms with van der Waals surface area (Å²) in [5, 5.41) is 0. The van der Waals surface area contributed by atoms with Crippen LogP contribution in [0.4, 0.5) is 0 Å². The van der Waals surface area contributed by atoms with Crippen LogP contribution >= 0.6 is 22.6 Å². The molecule has 0 fully saturated rings. The molecule has 11 heavy (non-hydrogen) atoms. The molecule has 0 amide bonds. The van der Waals surface area contributed by atoms with Gasteiger partial charge in [0.1, 0.15) is 7.85 Å². The lowest BCUT2D eigenvalue weighted by molar-refractivity contribution is 0.827. The normalized spacial score (nSPS) is 11.5. The summed E-state index contributed by atoms with van der Waals surface area (Å²) in [6.45, 7) is 4.36. The maximum absolute atomic E-state index is 5.57. The maximum Gasteiger partial charge on any atom is 0.113 e. The molecule has 2 heteroatoms. The quantitative estimate of drug-likeness (QED) is 0.410. The Morgan fingerprint density at radius 3 is 2.00 bits per heavy atom. The fourth-order valence-electron chi connectivity index (χ4n) is 0.879. The van der Waals surface area contributed by atoms with E-state index in [0.29, 0.717) is 0 Å². The molecule has 0 nitrogen and oxygen atoms in total. The summed E-state index contributed by atoms with van der Waals surface area (Å²) in [5.74, 6) is 0. The Labute approximate surface area is 82.9 Å². The highest BCUT2D eigenvalue weighted by Crippen LogP contribution is 2.29. The van der Waals surface area contributed by atoms with Gasteiger partial charge in [0.05, 0.1) is 0 Å². The molecule has 0 unspecified atom stereocenters. The summed E-state index contributed by atoms with van der Waals surface area (Å²) < 4.78 is 0.200. The number of benzene rings is 1. The SMILES string of the molecule is [B]c1ccc(C(C)(C)I)cc1. The number of halogens is 1. The number of hydrogen-bond acceptors (Lipinski definition) is 0. The van der Waals surface area contributed by atoms with E-state index in [1.165, 1.54) is 5.56 Å². The first-order valence-corrected chi connectivity index (χ1v) is 4.63. The first kappa shape index (κ1) is 9.11. The Balaban J connectivity index is 2.99. The van der Waals surface area contributed by atoms with Gasteiger partial charge in [0.25, 0.3) is 0 Å². The highest BCUT2D eigenvalue weighted by molar-refractivity contribution is 14.1. The number of alkyl halides is 1. The molecule has 0 N–H and O–H groups in total. The molecule has 1 aromatic rings. The molecule has 0 saturated carbocycles. The van der Waals surface area contributed by atoms with Crippen LogP contribution in [0.25, 0.3) is 0 Å². The number of hydrogen-bond donors (Lipinski definition) is 0. The molecule has 0 heterocycles. The van der Waals surface area contributed by atoms with Gasteiger partial charge in [0.2, 0.25) is 0 Å². The largest absolute Gasteiger partial charge is 0.113 e. The van der Waals surface area contributed by atoms with Crippen molar-refractivity contribution in [2.24, 2.45) is 0 Å². The third kappa shape index (κ3) is 2.51. The zero-order valence-electron chi connectivity index (χ0n) is 6.76. The van der Waals surface area contributed by atoms with Gasteiger partial charge in [0.15, 0.2) is 0 Å². The van der Waals surface area contributed by atoms with Gasteiger partial charge in [-0.3, -0.25) is 0 Å². The van der Waals surface area contributed by atoms with Crippen molar-refractivity contribution in [3.05, 3.63) is 29.8 Å². The van der Waals surface area contributed by atoms with Crippen LogP contribution in [-0.4, -0.2) is 7.85 Å². The lowest BCUT2D eigenvalue weighted by atomic mass is 9.93. The van der Waals surface area contributed by atoms with Crippen LogP contribution in [0.15, 0.2) is 24.3 Å². The Morgan fingerprint density at radius 2 is 1.64 bits per heavy atom. The minimum absolute atomic E-state index is 0.200. The lowest BCUT2D eigenvalue weighted by Crippen LogP contribution is -2.09. The molecule has 1 rings (SSSR count). The van der Waals surface area contributed by atoms with E-state index in [1.54, 1.807) is 0 Å². The van der Waals surface area contributed by atoms with E-state index in [-0.39, 0.29) is 3.42 Å². The summed E-state index contributed by atoms with van der Waals surface area (Å²) in [6.07, 6.45) is 0. The fraction of sp³-hybridized carbons (Fsp3) is 0.333. The second kappa shape index (κ2) is 3.17. The van der Waals surface area contributed by atoms with Crippen LogP contribution in [0.2, 0.25) is 0 Å². The van der Waals surface area contributed by atoms with Gasteiger partial charge >= 0.3 is 0 Å². The Morgan fingerprint density at radius 1 is 1.18 bits per heavy atom. The van der Waals surface area contributed by atoms with E-state index in [4.69, 9.17) is 7.85 Å². The van der Waals surface area contributed by atoms with E-state index in [0.717, 1.165) is 5.46 Å². The molecule has 0 bridgehead atoms. The standard InChI is InChI=1S/C9H10BI/c1-9(2,11)7-3-5-8(10)6-4-7/h3-6H,1-2H3. The Kier molecular flexibility index (Phi) is 2.63. The zero-order valence-corrected chi connectivity index (χ0v) is 8.92. The van der Waals surface area contributed by atoms with Gasteiger partial charge in [-0.05, 0) is 19.4 Å². The van der Waals surface area contributed by atoms with E-state index in [2.05, 4.69) is 48.6 Å². The first-order chi connectivity index (χ1) is 5.00. The van der Waals surface area contributed by atoms with Crippen molar-refractivity contribution in [1.29, 1.82) is 0 Å². The van der Waals surface area contributed by atoms with Gasteiger partial charge < -0.3 is 0 Å². The van der Waals surface area contributed by atoms with Crippen molar-refractivity contribution in [2.75, 3.05) is 0 Å². The van der Waals surface area contributed by atoms with Crippen molar-refractivity contribution in [2.45, 2.75) is 17.3 Å². The molecule has 0 aliphatic carbocycles. The smallest absolute Gasteiger partial charge is 0.0967 e. The Bertz CT molecular complexity index is 233. The molecule has 0 spiro atoms. The van der Waals surface area contributed by atoms with E-state index >= 15 is 0 Å². The van der Waals surface area contributed by atoms with Crippen LogP contribution in [-0.2, 0) is 3.42 Å². The molecule has 56 valence electrons. The second-order valence-corrected chi connectivity index (χ2v) is 5.79. The van der Waals surface area contributed by atoms with Gasteiger partial charge in [-0.1, -0.05) is 52.3 Å². The molecule has 0 aliphatic rings. The van der Waals surface area contributed by atoms with E-state index in [1.807, 2.05) is 12.1 Å². The van der Waals surface area contributed by atoms with Crippen LogP contribution in [0.1, 0.15) is 19.4 Å². The predicted molar refractivity (Wildman–Crippen MR) is 58.9 cm³/mol.